The van der Waals surface area contributed by atoms with E-state index < -0.39 is 0 Å². The van der Waals surface area contributed by atoms with Gasteiger partial charge in [0.15, 0.2) is 23.1 Å². The molecule has 0 aliphatic rings. The van der Waals surface area contributed by atoms with Crippen molar-refractivity contribution < 1.29 is 14.6 Å². The van der Waals surface area contributed by atoms with E-state index in [-0.39, 0.29) is 17.3 Å². The van der Waals surface area contributed by atoms with E-state index in [2.05, 4.69) is 9.97 Å². The molecule has 0 amide bonds. The van der Waals surface area contributed by atoms with E-state index in [1.807, 2.05) is 30.3 Å². The summed E-state index contributed by atoms with van der Waals surface area (Å²) in [5.41, 5.74) is 2.08. The van der Waals surface area contributed by atoms with Crippen molar-refractivity contribution in [3.63, 3.8) is 0 Å². The standard InChI is InChI=1S/C20H16N2O3/c1-25-19-11-16(8-10-18(19)24)17(23)9-7-14-12-21-20(22-13-14)15-5-3-2-4-6-15/h2-13,24H,1H3/b9-7-. The Labute approximate surface area is 145 Å². The number of carbonyl (C=O) groups is 1. The molecule has 0 unspecified atom stereocenters. The summed E-state index contributed by atoms with van der Waals surface area (Å²) in [4.78, 5) is 20.8. The van der Waals surface area contributed by atoms with Gasteiger partial charge in [-0.1, -0.05) is 30.3 Å². The smallest absolute Gasteiger partial charge is 0.185 e. The van der Waals surface area contributed by atoms with Crippen LogP contribution in [-0.4, -0.2) is 28.0 Å². The molecular weight excluding hydrogens is 316 g/mol. The predicted octanol–water partition coefficient (Wildman–Crippen LogP) is 3.75. The molecule has 2 aromatic carbocycles. The normalized spacial score (nSPS) is 10.8. The molecule has 0 bridgehead atoms. The lowest BCUT2D eigenvalue weighted by molar-refractivity contribution is 0.104. The third-order valence-corrected chi connectivity index (χ3v) is 3.60. The van der Waals surface area contributed by atoms with Gasteiger partial charge in [0.05, 0.1) is 7.11 Å². The van der Waals surface area contributed by atoms with Gasteiger partial charge in [-0.2, -0.15) is 0 Å². The average molecular weight is 332 g/mol. The minimum absolute atomic E-state index is 0.00655. The molecule has 0 saturated carbocycles. The fraction of sp³-hybridized carbons (Fsp3) is 0.0500. The maximum absolute atomic E-state index is 12.2. The van der Waals surface area contributed by atoms with Crippen molar-refractivity contribution in [2.24, 2.45) is 0 Å². The zero-order valence-electron chi connectivity index (χ0n) is 13.6. The van der Waals surface area contributed by atoms with Crippen LogP contribution in [0.15, 0.2) is 67.0 Å². The molecule has 0 atom stereocenters. The molecule has 3 aromatic rings. The Bertz CT molecular complexity index is 904. The molecule has 5 heteroatoms. The van der Waals surface area contributed by atoms with E-state index in [0.29, 0.717) is 11.4 Å². The van der Waals surface area contributed by atoms with E-state index in [4.69, 9.17) is 4.74 Å². The summed E-state index contributed by atoms with van der Waals surface area (Å²) in [6.45, 7) is 0. The number of benzene rings is 2. The molecule has 5 nitrogen and oxygen atoms in total. The Hall–Kier alpha value is -3.47. The number of nitrogens with zero attached hydrogens (tertiary/aromatic N) is 2. The average Bonchev–Trinajstić information content (AvgIpc) is 2.67. The van der Waals surface area contributed by atoms with Gasteiger partial charge in [-0.15, -0.1) is 0 Å². The van der Waals surface area contributed by atoms with Crippen molar-refractivity contribution in [1.29, 1.82) is 0 Å². The van der Waals surface area contributed by atoms with E-state index in [1.54, 1.807) is 24.5 Å². The van der Waals surface area contributed by atoms with Gasteiger partial charge >= 0.3 is 0 Å². The second kappa shape index (κ2) is 7.40. The van der Waals surface area contributed by atoms with Crippen LogP contribution in [0.3, 0.4) is 0 Å². The molecule has 0 spiro atoms. The van der Waals surface area contributed by atoms with Crippen LogP contribution < -0.4 is 4.74 Å². The maximum atomic E-state index is 12.2. The van der Waals surface area contributed by atoms with Crippen molar-refractivity contribution in [1.82, 2.24) is 9.97 Å². The topological polar surface area (TPSA) is 72.3 Å². The lowest BCUT2D eigenvalue weighted by Gasteiger charge is -2.04. The summed E-state index contributed by atoms with van der Waals surface area (Å²) in [6, 6.07) is 14.1. The van der Waals surface area contributed by atoms with Crippen LogP contribution in [0.1, 0.15) is 15.9 Å². The monoisotopic (exact) mass is 332 g/mol. The van der Waals surface area contributed by atoms with Crippen molar-refractivity contribution in [3.05, 3.63) is 78.1 Å². The van der Waals surface area contributed by atoms with E-state index in [9.17, 15) is 9.90 Å². The first kappa shape index (κ1) is 16.4. The number of methoxy groups -OCH3 is 1. The summed E-state index contributed by atoms with van der Waals surface area (Å²) < 4.78 is 5.01. The van der Waals surface area contributed by atoms with Crippen LogP contribution in [0, 0.1) is 0 Å². The molecule has 1 N–H and O–H groups in total. The van der Waals surface area contributed by atoms with E-state index >= 15 is 0 Å². The number of aromatic hydroxyl groups is 1. The molecule has 0 fully saturated rings. The van der Waals surface area contributed by atoms with Crippen LogP contribution in [0.5, 0.6) is 11.5 Å². The summed E-state index contributed by atoms with van der Waals surface area (Å²) >= 11 is 0. The Morgan fingerprint density at radius 1 is 1.08 bits per heavy atom. The number of allylic oxidation sites excluding steroid dienone is 1. The third-order valence-electron chi connectivity index (χ3n) is 3.60. The van der Waals surface area contributed by atoms with Crippen LogP contribution in [0.4, 0.5) is 0 Å². The first-order chi connectivity index (χ1) is 12.2. The van der Waals surface area contributed by atoms with Gasteiger partial charge < -0.3 is 9.84 Å². The molecule has 3 rings (SSSR count). The first-order valence-electron chi connectivity index (χ1n) is 7.64. The number of rotatable bonds is 5. The Morgan fingerprint density at radius 2 is 1.80 bits per heavy atom. The summed E-state index contributed by atoms with van der Waals surface area (Å²) in [5.74, 6) is 0.681. The molecule has 0 radical (unpaired) electrons. The van der Waals surface area contributed by atoms with Crippen molar-refractivity contribution in [3.8, 4) is 22.9 Å². The Kier molecular flexibility index (Phi) is 4.85. The van der Waals surface area contributed by atoms with Crippen LogP contribution in [-0.2, 0) is 0 Å². The molecule has 1 aromatic heterocycles. The van der Waals surface area contributed by atoms with Gasteiger partial charge in [0, 0.05) is 29.1 Å². The number of phenols is 1. The molecule has 0 aliphatic heterocycles. The quantitative estimate of drug-likeness (QED) is 0.569. The molecular formula is C20H16N2O3. The van der Waals surface area contributed by atoms with Gasteiger partial charge in [-0.25, -0.2) is 9.97 Å². The zero-order chi connectivity index (χ0) is 17.6. The Morgan fingerprint density at radius 3 is 2.48 bits per heavy atom. The summed E-state index contributed by atoms with van der Waals surface area (Å²) in [6.07, 6.45) is 6.41. The lowest BCUT2D eigenvalue weighted by Crippen LogP contribution is -1.95. The highest BCUT2D eigenvalue weighted by Crippen LogP contribution is 2.26. The minimum Gasteiger partial charge on any atom is -0.504 e. The van der Waals surface area contributed by atoms with Crippen molar-refractivity contribution in [2.45, 2.75) is 0 Å². The largest absolute Gasteiger partial charge is 0.504 e. The highest BCUT2D eigenvalue weighted by atomic mass is 16.5. The molecule has 124 valence electrons. The van der Waals surface area contributed by atoms with Gasteiger partial charge in [0.25, 0.3) is 0 Å². The fourth-order valence-corrected chi connectivity index (χ4v) is 2.26. The number of carbonyl (C=O) groups excluding carboxylic acids is 1. The number of phenolic OH excluding ortho intramolecular Hbond substituents is 1. The minimum atomic E-state index is -0.203. The number of ether oxygens (including phenoxy) is 1. The fourth-order valence-electron chi connectivity index (χ4n) is 2.26. The van der Waals surface area contributed by atoms with Crippen LogP contribution in [0.2, 0.25) is 0 Å². The van der Waals surface area contributed by atoms with Crippen molar-refractivity contribution in [2.75, 3.05) is 7.11 Å². The third kappa shape index (κ3) is 3.90. The number of hydrogen-bond acceptors (Lipinski definition) is 5. The second-order valence-electron chi connectivity index (χ2n) is 5.29. The molecule has 0 saturated heterocycles. The molecule has 1 heterocycles. The molecule has 0 aliphatic carbocycles. The van der Waals surface area contributed by atoms with Gasteiger partial charge in [-0.3, -0.25) is 4.79 Å². The van der Waals surface area contributed by atoms with Crippen LogP contribution in [0.25, 0.3) is 17.5 Å². The first-order valence-corrected chi connectivity index (χ1v) is 7.64. The second-order valence-corrected chi connectivity index (χ2v) is 5.29. The van der Waals surface area contributed by atoms with Crippen molar-refractivity contribution >= 4 is 11.9 Å². The van der Waals surface area contributed by atoms with Gasteiger partial charge in [0.2, 0.25) is 0 Å². The van der Waals surface area contributed by atoms with E-state index in [1.165, 1.54) is 25.3 Å². The van der Waals surface area contributed by atoms with Gasteiger partial charge in [0.1, 0.15) is 0 Å². The van der Waals surface area contributed by atoms with Gasteiger partial charge in [-0.05, 0) is 30.4 Å². The predicted molar refractivity (Wildman–Crippen MR) is 95.5 cm³/mol. The SMILES string of the molecule is COc1cc(C(=O)/C=C\c2cnc(-c3ccccc3)nc2)ccc1O. The summed E-state index contributed by atoms with van der Waals surface area (Å²) in [7, 11) is 1.44. The van der Waals surface area contributed by atoms with E-state index in [0.717, 1.165) is 11.1 Å². The lowest BCUT2D eigenvalue weighted by atomic mass is 10.1. The Balaban J connectivity index is 1.74. The maximum Gasteiger partial charge on any atom is 0.185 e. The number of ketones is 1. The summed E-state index contributed by atoms with van der Waals surface area (Å²) in [5, 5.41) is 9.57. The van der Waals surface area contributed by atoms with Crippen LogP contribution >= 0.6 is 0 Å². The highest BCUT2D eigenvalue weighted by molar-refractivity contribution is 6.07. The number of hydrogen-bond donors (Lipinski definition) is 1. The molecule has 25 heavy (non-hydrogen) atoms. The number of aromatic nitrogens is 2. The highest BCUT2D eigenvalue weighted by Gasteiger charge is 2.07. The zero-order valence-corrected chi connectivity index (χ0v) is 13.6.